The van der Waals surface area contributed by atoms with Gasteiger partial charge < -0.3 is 5.11 Å². The molecule has 4 heteroatoms. The minimum atomic E-state index is -0.645. The normalized spacial score (nSPS) is 31.6. The summed E-state index contributed by atoms with van der Waals surface area (Å²) in [5, 5.41) is 9.71. The van der Waals surface area contributed by atoms with E-state index in [1.54, 1.807) is 23.5 Å². The topological polar surface area (TPSA) is 37.3 Å². The van der Waals surface area contributed by atoms with E-state index in [2.05, 4.69) is 20.8 Å². The SMILES string of the molecule is CSC(SC)=C1CC(C)(C)C(C)C(C)(CO)C1=O. The van der Waals surface area contributed by atoms with Crippen LogP contribution in [0, 0.1) is 16.7 Å². The lowest BCUT2D eigenvalue weighted by atomic mass is 9.56. The van der Waals surface area contributed by atoms with Crippen LogP contribution in [0.3, 0.4) is 0 Å². The van der Waals surface area contributed by atoms with Gasteiger partial charge in [0.05, 0.1) is 12.0 Å². The summed E-state index contributed by atoms with van der Waals surface area (Å²) in [5.74, 6) is 0.312. The molecule has 0 heterocycles. The summed E-state index contributed by atoms with van der Waals surface area (Å²) in [7, 11) is 0. The Bertz CT molecular complexity index is 368. The molecule has 0 radical (unpaired) electrons. The first-order valence-corrected chi connectivity index (χ1v) is 8.66. The van der Waals surface area contributed by atoms with Gasteiger partial charge in [0.15, 0.2) is 5.78 Å². The van der Waals surface area contributed by atoms with E-state index in [1.807, 2.05) is 19.4 Å². The zero-order valence-corrected chi connectivity index (χ0v) is 13.8. The molecule has 0 amide bonds. The number of thioether (sulfide) groups is 2. The molecule has 104 valence electrons. The largest absolute Gasteiger partial charge is 0.395 e. The number of hydrogen-bond acceptors (Lipinski definition) is 4. The van der Waals surface area contributed by atoms with Crippen LogP contribution in [0.25, 0.3) is 0 Å². The first kappa shape index (κ1) is 16.1. The van der Waals surface area contributed by atoms with Crippen molar-refractivity contribution < 1.29 is 9.90 Å². The van der Waals surface area contributed by atoms with Crippen molar-refractivity contribution in [1.29, 1.82) is 0 Å². The van der Waals surface area contributed by atoms with Gasteiger partial charge in [-0.25, -0.2) is 0 Å². The number of aliphatic hydroxyl groups excluding tert-OH is 1. The summed E-state index contributed by atoms with van der Waals surface area (Å²) in [6, 6.07) is 0. The fourth-order valence-electron chi connectivity index (χ4n) is 2.80. The maximum atomic E-state index is 12.7. The fourth-order valence-corrected chi connectivity index (χ4v) is 4.29. The van der Waals surface area contributed by atoms with E-state index < -0.39 is 5.41 Å². The zero-order valence-electron chi connectivity index (χ0n) is 12.2. The number of rotatable bonds is 3. The van der Waals surface area contributed by atoms with Crippen molar-refractivity contribution in [3.05, 3.63) is 9.81 Å². The van der Waals surface area contributed by atoms with Crippen molar-refractivity contribution in [2.45, 2.75) is 34.1 Å². The third-order valence-electron chi connectivity index (χ3n) is 4.50. The lowest BCUT2D eigenvalue weighted by Crippen LogP contribution is -2.50. The van der Waals surface area contributed by atoms with Crippen LogP contribution in [0.5, 0.6) is 0 Å². The van der Waals surface area contributed by atoms with Crippen LogP contribution in [-0.2, 0) is 4.79 Å². The van der Waals surface area contributed by atoms with Gasteiger partial charge in [-0.3, -0.25) is 4.79 Å². The molecular formula is C14H24O2S2. The molecule has 2 atom stereocenters. The fraction of sp³-hybridized carbons (Fsp3) is 0.786. The van der Waals surface area contributed by atoms with Gasteiger partial charge in [0.2, 0.25) is 0 Å². The molecule has 0 aromatic heterocycles. The van der Waals surface area contributed by atoms with Crippen LogP contribution in [-0.4, -0.2) is 30.0 Å². The van der Waals surface area contributed by atoms with Gasteiger partial charge in [-0.05, 0) is 37.2 Å². The van der Waals surface area contributed by atoms with Gasteiger partial charge in [0, 0.05) is 9.81 Å². The molecule has 2 nitrogen and oxygen atoms in total. The second-order valence-corrected chi connectivity index (χ2v) is 7.86. The third kappa shape index (κ3) is 2.52. The van der Waals surface area contributed by atoms with Crippen molar-refractivity contribution >= 4 is 29.3 Å². The van der Waals surface area contributed by atoms with Crippen LogP contribution in [0.1, 0.15) is 34.1 Å². The molecule has 1 saturated carbocycles. The van der Waals surface area contributed by atoms with E-state index in [1.165, 1.54) is 0 Å². The summed E-state index contributed by atoms with van der Waals surface area (Å²) in [6.45, 7) is 8.30. The molecule has 0 saturated heterocycles. The van der Waals surface area contributed by atoms with Gasteiger partial charge in [-0.2, -0.15) is 0 Å². The Morgan fingerprint density at radius 3 is 2.22 bits per heavy atom. The highest BCUT2D eigenvalue weighted by Gasteiger charge is 2.51. The summed E-state index contributed by atoms with van der Waals surface area (Å²) in [4.78, 5) is 12.7. The third-order valence-corrected chi connectivity index (χ3v) is 6.73. The molecule has 0 aromatic carbocycles. The quantitative estimate of drug-likeness (QED) is 0.806. The highest BCUT2D eigenvalue weighted by atomic mass is 32.2. The number of aliphatic hydroxyl groups is 1. The molecule has 18 heavy (non-hydrogen) atoms. The van der Waals surface area contributed by atoms with E-state index in [-0.39, 0.29) is 23.7 Å². The van der Waals surface area contributed by atoms with E-state index in [4.69, 9.17) is 0 Å². The van der Waals surface area contributed by atoms with Gasteiger partial charge in [0.1, 0.15) is 0 Å². The zero-order chi connectivity index (χ0) is 14.1. The molecule has 1 rings (SSSR count). The Balaban J connectivity index is 3.35. The summed E-state index contributed by atoms with van der Waals surface area (Å²) >= 11 is 3.27. The lowest BCUT2D eigenvalue weighted by Gasteiger charge is -2.48. The lowest BCUT2D eigenvalue weighted by molar-refractivity contribution is -0.137. The van der Waals surface area contributed by atoms with E-state index in [0.717, 1.165) is 16.2 Å². The molecule has 1 fully saturated rings. The second kappa shape index (κ2) is 5.59. The van der Waals surface area contributed by atoms with Crippen LogP contribution in [0.4, 0.5) is 0 Å². The molecule has 0 spiro atoms. The Hall–Kier alpha value is 0.0700. The van der Waals surface area contributed by atoms with Gasteiger partial charge in [0.25, 0.3) is 0 Å². The Kier molecular flexibility index (Phi) is 5.01. The number of carbonyl (C=O) groups is 1. The van der Waals surface area contributed by atoms with Gasteiger partial charge >= 0.3 is 0 Å². The number of allylic oxidation sites excluding steroid dienone is 1. The van der Waals surface area contributed by atoms with E-state index in [9.17, 15) is 9.90 Å². The van der Waals surface area contributed by atoms with Crippen LogP contribution < -0.4 is 0 Å². The molecule has 1 N–H and O–H groups in total. The molecule has 0 bridgehead atoms. The summed E-state index contributed by atoms with van der Waals surface area (Å²) in [5.41, 5.74) is 0.306. The predicted molar refractivity (Wildman–Crippen MR) is 81.8 cm³/mol. The Morgan fingerprint density at radius 1 is 1.33 bits per heavy atom. The van der Waals surface area contributed by atoms with Crippen molar-refractivity contribution in [2.24, 2.45) is 16.7 Å². The minimum absolute atomic E-state index is 0.0391. The number of carbonyl (C=O) groups excluding carboxylic acids is 1. The number of Topliss-reactive ketones (excluding diaryl/α,β-unsaturated/α-hetero) is 1. The summed E-state index contributed by atoms with van der Waals surface area (Å²) < 4.78 is 1.10. The van der Waals surface area contributed by atoms with Crippen LogP contribution in [0.2, 0.25) is 0 Å². The molecule has 0 aliphatic heterocycles. The number of ketones is 1. The predicted octanol–water partition coefficient (Wildman–Crippen LogP) is 3.56. The minimum Gasteiger partial charge on any atom is -0.395 e. The molecule has 1 aliphatic rings. The second-order valence-electron chi connectivity index (χ2n) is 5.97. The number of hydrogen-bond donors (Lipinski definition) is 1. The Labute approximate surface area is 119 Å². The highest BCUT2D eigenvalue weighted by molar-refractivity contribution is 8.21. The average molecular weight is 288 g/mol. The first-order valence-electron chi connectivity index (χ1n) is 6.21. The monoisotopic (exact) mass is 288 g/mol. The summed E-state index contributed by atoms with van der Waals surface area (Å²) in [6.07, 6.45) is 4.82. The molecule has 0 aromatic rings. The Morgan fingerprint density at radius 2 is 1.83 bits per heavy atom. The van der Waals surface area contributed by atoms with Gasteiger partial charge in [-0.1, -0.05) is 20.8 Å². The standard InChI is InChI=1S/C14H24O2S2/c1-9-13(2,3)7-10(12(17-5)18-6)11(16)14(9,4)8-15/h9,15H,7-8H2,1-6H3. The van der Waals surface area contributed by atoms with Crippen LogP contribution >= 0.6 is 23.5 Å². The molecular weight excluding hydrogens is 264 g/mol. The average Bonchev–Trinajstić information content (AvgIpc) is 2.34. The van der Waals surface area contributed by atoms with Crippen molar-refractivity contribution in [3.8, 4) is 0 Å². The van der Waals surface area contributed by atoms with Crippen molar-refractivity contribution in [3.63, 3.8) is 0 Å². The van der Waals surface area contributed by atoms with Crippen molar-refractivity contribution in [1.82, 2.24) is 0 Å². The van der Waals surface area contributed by atoms with Gasteiger partial charge in [-0.15, -0.1) is 23.5 Å². The van der Waals surface area contributed by atoms with Crippen molar-refractivity contribution in [2.75, 3.05) is 19.1 Å². The van der Waals surface area contributed by atoms with E-state index >= 15 is 0 Å². The van der Waals surface area contributed by atoms with Crippen LogP contribution in [0.15, 0.2) is 9.81 Å². The first-order chi connectivity index (χ1) is 8.24. The maximum absolute atomic E-state index is 12.7. The van der Waals surface area contributed by atoms with E-state index in [0.29, 0.717) is 0 Å². The molecule has 2 unspecified atom stereocenters. The molecule has 1 aliphatic carbocycles. The smallest absolute Gasteiger partial charge is 0.168 e. The maximum Gasteiger partial charge on any atom is 0.168 e. The highest BCUT2D eigenvalue weighted by Crippen LogP contribution is 2.52.